The van der Waals surface area contributed by atoms with Crippen LogP contribution in [0.3, 0.4) is 0 Å². The number of esters is 1. The van der Waals surface area contributed by atoms with E-state index in [0.717, 1.165) is 16.9 Å². The molecule has 174 valence electrons. The van der Waals surface area contributed by atoms with Gasteiger partial charge in [-0.3, -0.25) is 9.36 Å². The number of anilines is 1. The molecule has 0 saturated heterocycles. The summed E-state index contributed by atoms with van der Waals surface area (Å²) in [4.78, 5) is 24.3. The van der Waals surface area contributed by atoms with Gasteiger partial charge < -0.3 is 14.8 Å². The lowest BCUT2D eigenvalue weighted by Crippen LogP contribution is -2.16. The van der Waals surface area contributed by atoms with Crippen molar-refractivity contribution in [2.24, 2.45) is 0 Å². The lowest BCUT2D eigenvalue weighted by atomic mass is 10.1. The Morgan fingerprint density at radius 3 is 2.82 bits per heavy atom. The maximum atomic E-state index is 12.5. The summed E-state index contributed by atoms with van der Waals surface area (Å²) in [6.45, 7) is 10.3. The molecule has 3 aromatic rings. The van der Waals surface area contributed by atoms with Crippen LogP contribution in [0.25, 0.3) is 0 Å². The minimum absolute atomic E-state index is 0.0972. The number of thioether (sulfide) groups is 1. The van der Waals surface area contributed by atoms with E-state index in [-0.39, 0.29) is 17.8 Å². The number of ether oxygens (including phenoxy) is 2. The molecule has 1 aromatic carbocycles. The molecule has 0 saturated carbocycles. The molecule has 1 unspecified atom stereocenters. The van der Waals surface area contributed by atoms with Crippen LogP contribution >= 0.6 is 23.1 Å². The van der Waals surface area contributed by atoms with Crippen molar-refractivity contribution in [3.05, 3.63) is 64.8 Å². The van der Waals surface area contributed by atoms with Crippen molar-refractivity contribution in [3.63, 3.8) is 0 Å². The lowest BCUT2D eigenvalue weighted by molar-refractivity contribution is -0.113. The van der Waals surface area contributed by atoms with Gasteiger partial charge in [0, 0.05) is 6.54 Å². The maximum Gasteiger partial charge on any atom is 0.340 e. The summed E-state index contributed by atoms with van der Waals surface area (Å²) < 4.78 is 12.8. The fourth-order valence-electron chi connectivity index (χ4n) is 3.07. The maximum absolute atomic E-state index is 12.5. The van der Waals surface area contributed by atoms with Gasteiger partial charge in [-0.15, -0.1) is 28.1 Å². The molecular formula is C23H26N4O4S2. The van der Waals surface area contributed by atoms with Crippen molar-refractivity contribution in [3.8, 4) is 5.75 Å². The molecular weight excluding hydrogens is 460 g/mol. The summed E-state index contributed by atoms with van der Waals surface area (Å²) >= 11 is 2.51. The van der Waals surface area contributed by atoms with E-state index in [2.05, 4.69) is 22.1 Å². The van der Waals surface area contributed by atoms with Gasteiger partial charge in [-0.1, -0.05) is 30.0 Å². The first-order valence-electron chi connectivity index (χ1n) is 10.2. The SMILES string of the molecule is C=CCn1c(SCC(=O)Nc2sccc2C(=O)OC)nnc1C(C)Oc1cccc(C)c1C. The number of rotatable bonds is 10. The monoisotopic (exact) mass is 486 g/mol. The van der Waals surface area contributed by atoms with Crippen LogP contribution in [-0.4, -0.2) is 39.5 Å². The zero-order valence-corrected chi connectivity index (χ0v) is 20.6. The number of amides is 1. The Kier molecular flexibility index (Phi) is 8.29. The molecule has 0 spiro atoms. The molecule has 3 rings (SSSR count). The molecule has 0 radical (unpaired) electrons. The third-order valence-electron chi connectivity index (χ3n) is 4.94. The van der Waals surface area contributed by atoms with Crippen molar-refractivity contribution < 1.29 is 19.1 Å². The number of hydrogen-bond acceptors (Lipinski definition) is 8. The zero-order valence-electron chi connectivity index (χ0n) is 19.0. The van der Waals surface area contributed by atoms with Crippen LogP contribution in [0.2, 0.25) is 0 Å². The Balaban J connectivity index is 1.70. The van der Waals surface area contributed by atoms with Crippen LogP contribution in [0, 0.1) is 13.8 Å². The molecule has 10 heteroatoms. The fraction of sp³-hybridized carbons (Fsp3) is 0.304. The normalized spacial score (nSPS) is 11.6. The summed E-state index contributed by atoms with van der Waals surface area (Å²) in [5.41, 5.74) is 2.55. The van der Waals surface area contributed by atoms with Crippen molar-refractivity contribution in [1.29, 1.82) is 0 Å². The highest BCUT2D eigenvalue weighted by Crippen LogP contribution is 2.29. The van der Waals surface area contributed by atoms with Crippen LogP contribution in [0.5, 0.6) is 5.75 Å². The Morgan fingerprint density at radius 1 is 1.30 bits per heavy atom. The third-order valence-corrected chi connectivity index (χ3v) is 6.73. The third kappa shape index (κ3) is 5.82. The number of nitrogens with one attached hydrogen (secondary N) is 1. The first-order valence-corrected chi connectivity index (χ1v) is 12.1. The quantitative estimate of drug-likeness (QED) is 0.250. The predicted octanol–water partition coefficient (Wildman–Crippen LogP) is 4.80. The smallest absolute Gasteiger partial charge is 0.340 e. The zero-order chi connectivity index (χ0) is 24.0. The van der Waals surface area contributed by atoms with Crippen molar-refractivity contribution in [2.75, 3.05) is 18.2 Å². The first-order chi connectivity index (χ1) is 15.8. The van der Waals surface area contributed by atoms with E-state index in [1.807, 2.05) is 43.5 Å². The van der Waals surface area contributed by atoms with E-state index in [9.17, 15) is 9.59 Å². The van der Waals surface area contributed by atoms with E-state index in [1.165, 1.54) is 30.2 Å². The number of aromatic nitrogens is 3. The van der Waals surface area contributed by atoms with Gasteiger partial charge >= 0.3 is 5.97 Å². The number of allylic oxidation sites excluding steroid dienone is 1. The van der Waals surface area contributed by atoms with Gasteiger partial charge in [0.05, 0.1) is 18.4 Å². The molecule has 0 fully saturated rings. The van der Waals surface area contributed by atoms with Crippen molar-refractivity contribution in [1.82, 2.24) is 14.8 Å². The van der Waals surface area contributed by atoms with Crippen molar-refractivity contribution >= 4 is 40.0 Å². The Morgan fingerprint density at radius 2 is 2.09 bits per heavy atom. The van der Waals surface area contributed by atoms with Crippen LogP contribution in [0.15, 0.2) is 47.5 Å². The average molecular weight is 487 g/mol. The van der Waals surface area contributed by atoms with Crippen molar-refractivity contribution in [2.45, 2.75) is 38.6 Å². The molecule has 1 atom stereocenters. The minimum Gasteiger partial charge on any atom is -0.482 e. The largest absolute Gasteiger partial charge is 0.482 e. The van der Waals surface area contributed by atoms with Gasteiger partial charge in [0.2, 0.25) is 5.91 Å². The van der Waals surface area contributed by atoms with Gasteiger partial charge in [-0.25, -0.2) is 4.79 Å². The molecule has 0 aliphatic rings. The molecule has 33 heavy (non-hydrogen) atoms. The van der Waals surface area contributed by atoms with Gasteiger partial charge in [0.1, 0.15) is 10.8 Å². The number of carbonyl (C=O) groups is 2. The summed E-state index contributed by atoms with van der Waals surface area (Å²) in [6, 6.07) is 7.54. The summed E-state index contributed by atoms with van der Waals surface area (Å²) in [5.74, 6) is 0.779. The summed E-state index contributed by atoms with van der Waals surface area (Å²) in [6.07, 6.45) is 1.39. The number of benzene rings is 1. The predicted molar refractivity (Wildman–Crippen MR) is 130 cm³/mol. The standard InChI is InChI=1S/C23H26N4O4S2/c1-6-11-27-20(16(4)31-18-9-7-8-14(2)15(18)3)25-26-23(27)33-13-19(28)24-21-17(10-12-32-21)22(29)30-5/h6-10,12,16H,1,11,13H2,2-5H3,(H,24,28). The van der Waals surface area contributed by atoms with E-state index >= 15 is 0 Å². The Hall–Kier alpha value is -3.11. The fourth-order valence-corrected chi connectivity index (χ4v) is 4.62. The van der Waals surface area contributed by atoms with Gasteiger partial charge in [-0.2, -0.15) is 0 Å². The first kappa shape index (κ1) is 24.5. The van der Waals surface area contributed by atoms with E-state index < -0.39 is 5.97 Å². The Labute approximate surface area is 201 Å². The molecule has 0 bridgehead atoms. The van der Waals surface area contributed by atoms with Gasteiger partial charge in [0.15, 0.2) is 17.1 Å². The minimum atomic E-state index is -0.493. The second-order valence-corrected chi connectivity index (χ2v) is 9.05. The summed E-state index contributed by atoms with van der Waals surface area (Å²) in [5, 5.41) is 14.1. The molecule has 2 aromatic heterocycles. The number of methoxy groups -OCH3 is 1. The van der Waals surface area contributed by atoms with Crippen LogP contribution in [0.1, 0.15) is 40.3 Å². The highest BCUT2D eigenvalue weighted by Gasteiger charge is 2.21. The molecule has 8 nitrogen and oxygen atoms in total. The number of aryl methyl sites for hydroxylation is 1. The number of hydrogen-bond donors (Lipinski definition) is 1. The molecule has 1 amide bonds. The molecule has 2 heterocycles. The van der Waals surface area contributed by atoms with Crippen LogP contribution < -0.4 is 10.1 Å². The number of thiophene rings is 1. The van der Waals surface area contributed by atoms with E-state index in [4.69, 9.17) is 9.47 Å². The molecule has 0 aliphatic carbocycles. The van der Waals surface area contributed by atoms with E-state index in [0.29, 0.717) is 28.1 Å². The summed E-state index contributed by atoms with van der Waals surface area (Å²) in [7, 11) is 1.30. The van der Waals surface area contributed by atoms with Crippen LogP contribution in [-0.2, 0) is 16.1 Å². The molecule has 0 aliphatic heterocycles. The second-order valence-electron chi connectivity index (χ2n) is 7.19. The number of nitrogens with zero attached hydrogens (tertiary/aromatic N) is 3. The average Bonchev–Trinajstić information content (AvgIpc) is 3.42. The highest BCUT2D eigenvalue weighted by molar-refractivity contribution is 7.99. The topological polar surface area (TPSA) is 95.3 Å². The lowest BCUT2D eigenvalue weighted by Gasteiger charge is -2.18. The van der Waals surface area contributed by atoms with E-state index in [1.54, 1.807) is 17.5 Å². The van der Waals surface area contributed by atoms with Gasteiger partial charge in [-0.05, 0) is 49.4 Å². The second kappa shape index (κ2) is 11.2. The number of carbonyl (C=O) groups excluding carboxylic acids is 2. The van der Waals surface area contributed by atoms with Crippen LogP contribution in [0.4, 0.5) is 5.00 Å². The molecule has 1 N–H and O–H groups in total. The highest BCUT2D eigenvalue weighted by atomic mass is 32.2. The van der Waals surface area contributed by atoms with Gasteiger partial charge in [0.25, 0.3) is 0 Å². The Bertz CT molecular complexity index is 1160.